The van der Waals surface area contributed by atoms with Crippen molar-refractivity contribution in [3.05, 3.63) is 48.3 Å². The third kappa shape index (κ3) is 4.04. The van der Waals surface area contributed by atoms with Gasteiger partial charge in [-0.3, -0.25) is 9.69 Å². The Morgan fingerprint density at radius 2 is 2.08 bits per heavy atom. The van der Waals surface area contributed by atoms with E-state index in [9.17, 15) is 4.79 Å². The molecule has 2 heterocycles. The second kappa shape index (κ2) is 8.21. The van der Waals surface area contributed by atoms with Gasteiger partial charge in [0, 0.05) is 25.0 Å². The lowest BCUT2D eigenvalue weighted by Gasteiger charge is -2.31. The highest BCUT2D eigenvalue weighted by Gasteiger charge is 2.27. The van der Waals surface area contributed by atoms with Gasteiger partial charge in [-0.15, -0.1) is 0 Å². The number of ether oxygens (including phenoxy) is 2. The van der Waals surface area contributed by atoms with Gasteiger partial charge in [0.15, 0.2) is 0 Å². The normalized spacial score (nSPS) is 18.1. The number of hydrogen-bond donors (Lipinski definition) is 0. The van der Waals surface area contributed by atoms with Gasteiger partial charge in [-0.05, 0) is 50.6 Å². The molecule has 0 spiro atoms. The molecule has 3 rings (SSSR count). The lowest BCUT2D eigenvalue weighted by Crippen LogP contribution is -2.39. The van der Waals surface area contributed by atoms with E-state index in [1.54, 1.807) is 7.11 Å². The number of likely N-dealkylation sites (tertiary alicyclic amines) is 1. The van der Waals surface area contributed by atoms with Gasteiger partial charge < -0.3 is 14.0 Å². The molecular formula is C20H26N2O3. The molecule has 2 aromatic rings. The third-order valence-corrected chi connectivity index (χ3v) is 4.69. The Kier molecular flexibility index (Phi) is 5.76. The topological polar surface area (TPSA) is 43.7 Å². The summed E-state index contributed by atoms with van der Waals surface area (Å²) in [6.07, 6.45) is 4.00. The molecule has 0 N–H and O–H groups in total. The van der Waals surface area contributed by atoms with E-state index in [1.807, 2.05) is 25.1 Å². The van der Waals surface area contributed by atoms with Gasteiger partial charge in [0.05, 0.1) is 25.3 Å². The molecule has 0 bridgehead atoms. The van der Waals surface area contributed by atoms with Crippen LogP contribution in [0.1, 0.15) is 25.5 Å². The van der Waals surface area contributed by atoms with Crippen molar-refractivity contribution >= 4 is 5.97 Å². The first-order valence-corrected chi connectivity index (χ1v) is 8.91. The van der Waals surface area contributed by atoms with E-state index in [2.05, 4.69) is 33.9 Å². The maximum absolute atomic E-state index is 12.0. The average Bonchev–Trinajstić information content (AvgIpc) is 3.10. The summed E-state index contributed by atoms with van der Waals surface area (Å²) in [5, 5.41) is 0. The molecule has 1 atom stereocenters. The minimum absolute atomic E-state index is 0.0108. The van der Waals surface area contributed by atoms with E-state index in [1.165, 1.54) is 5.69 Å². The summed E-state index contributed by atoms with van der Waals surface area (Å²) < 4.78 is 12.9. The highest BCUT2D eigenvalue weighted by atomic mass is 16.5. The molecule has 1 aromatic carbocycles. The molecule has 1 aliphatic heterocycles. The molecule has 5 heteroatoms. The zero-order chi connectivity index (χ0) is 17.6. The Hall–Kier alpha value is -2.27. The summed E-state index contributed by atoms with van der Waals surface area (Å²) in [7, 11) is 1.69. The van der Waals surface area contributed by atoms with Gasteiger partial charge in [-0.1, -0.05) is 12.1 Å². The summed E-state index contributed by atoms with van der Waals surface area (Å²) >= 11 is 0. The first-order valence-electron chi connectivity index (χ1n) is 8.91. The second-order valence-electron chi connectivity index (χ2n) is 6.37. The van der Waals surface area contributed by atoms with Crippen LogP contribution in [0.25, 0.3) is 5.69 Å². The Balaban J connectivity index is 1.74. The summed E-state index contributed by atoms with van der Waals surface area (Å²) in [6, 6.07) is 12.2. The number of aromatic nitrogens is 1. The van der Waals surface area contributed by atoms with E-state index in [0.717, 1.165) is 43.9 Å². The lowest BCUT2D eigenvalue weighted by atomic mass is 9.98. The van der Waals surface area contributed by atoms with E-state index >= 15 is 0 Å². The lowest BCUT2D eigenvalue weighted by molar-refractivity contribution is -0.150. The molecule has 0 radical (unpaired) electrons. The van der Waals surface area contributed by atoms with Crippen LogP contribution in [-0.2, 0) is 16.1 Å². The molecule has 0 saturated carbocycles. The van der Waals surface area contributed by atoms with Crippen molar-refractivity contribution in [2.24, 2.45) is 5.92 Å². The van der Waals surface area contributed by atoms with E-state index in [-0.39, 0.29) is 11.9 Å². The Morgan fingerprint density at radius 1 is 1.24 bits per heavy atom. The standard InChI is InChI=1S/C20H26N2O3/c1-3-25-20(23)16-8-6-12-21(14-16)15-17-9-7-13-22(17)18-10-4-5-11-19(18)24-2/h4-5,7,9-11,13,16H,3,6,8,12,14-15H2,1-2H3. The zero-order valence-electron chi connectivity index (χ0n) is 15.0. The van der Waals surface area contributed by atoms with Crippen molar-refractivity contribution in [2.75, 3.05) is 26.8 Å². The molecular weight excluding hydrogens is 316 g/mol. The fourth-order valence-corrected chi connectivity index (χ4v) is 3.49. The minimum Gasteiger partial charge on any atom is -0.495 e. The number of piperidine rings is 1. The van der Waals surface area contributed by atoms with Crippen LogP contribution in [0.15, 0.2) is 42.6 Å². The number of para-hydroxylation sites is 2. The Morgan fingerprint density at radius 3 is 2.88 bits per heavy atom. The van der Waals surface area contributed by atoms with Gasteiger partial charge in [0.1, 0.15) is 5.75 Å². The number of rotatable bonds is 6. The molecule has 0 amide bonds. The van der Waals surface area contributed by atoms with E-state index < -0.39 is 0 Å². The maximum Gasteiger partial charge on any atom is 0.310 e. The van der Waals surface area contributed by atoms with Crippen LogP contribution >= 0.6 is 0 Å². The number of carbonyl (C=O) groups excluding carboxylic acids is 1. The van der Waals surface area contributed by atoms with Crippen LogP contribution < -0.4 is 4.74 Å². The predicted octanol–water partition coefficient (Wildman–Crippen LogP) is 3.26. The number of nitrogens with zero attached hydrogens (tertiary/aromatic N) is 2. The molecule has 5 nitrogen and oxygen atoms in total. The number of methoxy groups -OCH3 is 1. The van der Waals surface area contributed by atoms with Gasteiger partial charge in [0.25, 0.3) is 0 Å². The summed E-state index contributed by atoms with van der Waals surface area (Å²) in [4.78, 5) is 14.4. The van der Waals surface area contributed by atoms with Crippen molar-refractivity contribution in [2.45, 2.75) is 26.3 Å². The minimum atomic E-state index is -0.0627. The Bertz CT molecular complexity index is 710. The van der Waals surface area contributed by atoms with Gasteiger partial charge >= 0.3 is 5.97 Å². The highest BCUT2D eigenvalue weighted by Crippen LogP contribution is 2.26. The number of benzene rings is 1. The van der Waals surface area contributed by atoms with E-state index in [0.29, 0.717) is 6.61 Å². The average molecular weight is 342 g/mol. The smallest absolute Gasteiger partial charge is 0.310 e. The maximum atomic E-state index is 12.0. The zero-order valence-corrected chi connectivity index (χ0v) is 15.0. The second-order valence-corrected chi connectivity index (χ2v) is 6.37. The van der Waals surface area contributed by atoms with Crippen LogP contribution in [0, 0.1) is 5.92 Å². The van der Waals surface area contributed by atoms with Crippen molar-refractivity contribution in [1.82, 2.24) is 9.47 Å². The van der Waals surface area contributed by atoms with Crippen LogP contribution in [-0.4, -0.2) is 42.2 Å². The SMILES string of the molecule is CCOC(=O)C1CCCN(Cc2cccn2-c2ccccc2OC)C1. The van der Waals surface area contributed by atoms with Crippen molar-refractivity contribution in [3.63, 3.8) is 0 Å². The van der Waals surface area contributed by atoms with Crippen LogP contribution in [0.3, 0.4) is 0 Å². The molecule has 1 aromatic heterocycles. The highest BCUT2D eigenvalue weighted by molar-refractivity contribution is 5.72. The molecule has 1 saturated heterocycles. The number of hydrogen-bond acceptors (Lipinski definition) is 4. The van der Waals surface area contributed by atoms with Crippen LogP contribution in [0.2, 0.25) is 0 Å². The van der Waals surface area contributed by atoms with Gasteiger partial charge in [0.2, 0.25) is 0 Å². The van der Waals surface area contributed by atoms with Crippen molar-refractivity contribution in [3.8, 4) is 11.4 Å². The quantitative estimate of drug-likeness (QED) is 0.756. The van der Waals surface area contributed by atoms with Gasteiger partial charge in [-0.25, -0.2) is 0 Å². The molecule has 25 heavy (non-hydrogen) atoms. The summed E-state index contributed by atoms with van der Waals surface area (Å²) in [6.45, 7) is 4.88. The van der Waals surface area contributed by atoms with Gasteiger partial charge in [-0.2, -0.15) is 0 Å². The van der Waals surface area contributed by atoms with Crippen LogP contribution in [0.4, 0.5) is 0 Å². The van der Waals surface area contributed by atoms with Crippen molar-refractivity contribution < 1.29 is 14.3 Å². The fourth-order valence-electron chi connectivity index (χ4n) is 3.49. The molecule has 1 aliphatic rings. The summed E-state index contributed by atoms with van der Waals surface area (Å²) in [5.74, 6) is 0.777. The predicted molar refractivity (Wildman–Crippen MR) is 97.0 cm³/mol. The largest absolute Gasteiger partial charge is 0.495 e. The van der Waals surface area contributed by atoms with E-state index in [4.69, 9.17) is 9.47 Å². The Labute approximate surface area is 149 Å². The first kappa shape index (κ1) is 17.5. The fraction of sp³-hybridized carbons (Fsp3) is 0.450. The molecule has 0 aliphatic carbocycles. The monoisotopic (exact) mass is 342 g/mol. The number of esters is 1. The summed E-state index contributed by atoms with van der Waals surface area (Å²) in [5.41, 5.74) is 2.22. The van der Waals surface area contributed by atoms with Crippen molar-refractivity contribution in [1.29, 1.82) is 0 Å². The third-order valence-electron chi connectivity index (χ3n) is 4.69. The first-order chi connectivity index (χ1) is 12.2. The molecule has 134 valence electrons. The number of carbonyl (C=O) groups is 1. The molecule has 1 fully saturated rings. The van der Waals surface area contributed by atoms with Crippen LogP contribution in [0.5, 0.6) is 5.75 Å². The molecule has 1 unspecified atom stereocenters.